The van der Waals surface area contributed by atoms with Crippen molar-refractivity contribution in [3.8, 4) is 23.0 Å². The number of carbonyl (C=O) groups excluding carboxylic acids is 1. The molecule has 1 N–H and O–H groups in total. The molecule has 0 radical (unpaired) electrons. The van der Waals surface area contributed by atoms with Gasteiger partial charge in [0.1, 0.15) is 12.3 Å². The molecule has 1 amide bonds. The first-order chi connectivity index (χ1) is 13.2. The molecule has 0 bridgehead atoms. The second kappa shape index (κ2) is 6.24. The first kappa shape index (κ1) is 16.1. The SMILES string of the molecule is O=C1OCCN1c1ccc(-c2noc(-c3cc4ccc(Br)cc4[nH]3)n2)cc1. The topological polar surface area (TPSA) is 84.2 Å². The summed E-state index contributed by atoms with van der Waals surface area (Å²) in [4.78, 5) is 21.0. The van der Waals surface area contributed by atoms with E-state index in [0.29, 0.717) is 24.9 Å². The lowest BCUT2D eigenvalue weighted by atomic mass is 10.2. The number of ether oxygens (including phenoxy) is 1. The summed E-state index contributed by atoms with van der Waals surface area (Å²) in [6.07, 6.45) is -0.324. The van der Waals surface area contributed by atoms with Gasteiger partial charge in [-0.3, -0.25) is 4.90 Å². The number of nitrogens with one attached hydrogen (secondary N) is 1. The molecule has 1 fully saturated rings. The molecule has 8 heteroatoms. The van der Waals surface area contributed by atoms with E-state index in [1.165, 1.54) is 0 Å². The third kappa shape index (κ3) is 2.87. The Bertz CT molecular complexity index is 1150. The number of H-pyrrole nitrogens is 1. The van der Waals surface area contributed by atoms with Gasteiger partial charge in [0.25, 0.3) is 5.89 Å². The minimum Gasteiger partial charge on any atom is -0.447 e. The molecule has 134 valence electrons. The van der Waals surface area contributed by atoms with E-state index in [-0.39, 0.29) is 6.09 Å². The molecule has 1 aliphatic rings. The Morgan fingerprint density at radius 3 is 2.74 bits per heavy atom. The fraction of sp³-hybridized carbons (Fsp3) is 0.105. The lowest BCUT2D eigenvalue weighted by Gasteiger charge is -2.12. The van der Waals surface area contributed by atoms with Crippen LogP contribution in [0.2, 0.25) is 0 Å². The van der Waals surface area contributed by atoms with Crippen LogP contribution in [-0.2, 0) is 4.74 Å². The van der Waals surface area contributed by atoms with E-state index in [9.17, 15) is 4.79 Å². The van der Waals surface area contributed by atoms with Crippen LogP contribution in [0, 0.1) is 0 Å². The van der Waals surface area contributed by atoms with Crippen LogP contribution in [0.25, 0.3) is 33.9 Å². The molecule has 27 heavy (non-hydrogen) atoms. The van der Waals surface area contributed by atoms with E-state index in [1.54, 1.807) is 4.90 Å². The number of aromatic nitrogens is 3. The fourth-order valence-corrected chi connectivity index (χ4v) is 3.44. The number of cyclic esters (lactones) is 1. The molecule has 0 unspecified atom stereocenters. The quantitative estimate of drug-likeness (QED) is 0.519. The van der Waals surface area contributed by atoms with Gasteiger partial charge in [0.05, 0.1) is 6.54 Å². The Labute approximate surface area is 162 Å². The van der Waals surface area contributed by atoms with Gasteiger partial charge in [0.15, 0.2) is 0 Å². The number of halogens is 1. The molecular formula is C19H13BrN4O3. The Hall–Kier alpha value is -3.13. The number of rotatable bonds is 3. The number of fused-ring (bicyclic) bond motifs is 1. The first-order valence-electron chi connectivity index (χ1n) is 8.34. The highest BCUT2D eigenvalue weighted by atomic mass is 79.9. The summed E-state index contributed by atoms with van der Waals surface area (Å²) in [6, 6.07) is 15.4. The molecule has 7 nitrogen and oxygen atoms in total. The standard InChI is InChI=1S/C19H13BrN4O3/c20-13-4-1-12-9-16(21-15(12)10-13)18-22-17(23-27-18)11-2-5-14(6-3-11)24-7-8-26-19(24)25/h1-6,9-10,21H,7-8H2. The molecule has 2 aromatic carbocycles. The smallest absolute Gasteiger partial charge is 0.414 e. The Balaban J connectivity index is 1.43. The highest BCUT2D eigenvalue weighted by molar-refractivity contribution is 9.10. The van der Waals surface area contributed by atoms with Crippen LogP contribution in [0.4, 0.5) is 10.5 Å². The zero-order valence-electron chi connectivity index (χ0n) is 14.0. The summed E-state index contributed by atoms with van der Waals surface area (Å²) in [5.41, 5.74) is 3.34. The monoisotopic (exact) mass is 424 g/mol. The number of aromatic amines is 1. The van der Waals surface area contributed by atoms with Crippen LogP contribution < -0.4 is 4.90 Å². The Kier molecular flexibility index (Phi) is 3.71. The summed E-state index contributed by atoms with van der Waals surface area (Å²) in [5, 5.41) is 5.14. The first-order valence-corrected chi connectivity index (χ1v) is 9.14. The van der Waals surface area contributed by atoms with Crippen molar-refractivity contribution >= 4 is 38.6 Å². The third-order valence-electron chi connectivity index (χ3n) is 4.44. The summed E-state index contributed by atoms with van der Waals surface area (Å²) in [6.45, 7) is 0.969. The summed E-state index contributed by atoms with van der Waals surface area (Å²) < 4.78 is 11.4. The lowest BCUT2D eigenvalue weighted by molar-refractivity contribution is 0.181. The van der Waals surface area contributed by atoms with Crippen molar-refractivity contribution in [2.45, 2.75) is 0 Å². The zero-order valence-corrected chi connectivity index (χ0v) is 15.6. The third-order valence-corrected chi connectivity index (χ3v) is 4.93. The predicted octanol–water partition coefficient (Wildman–Crippen LogP) is 4.60. The van der Waals surface area contributed by atoms with Crippen LogP contribution in [0.3, 0.4) is 0 Å². The highest BCUT2D eigenvalue weighted by Gasteiger charge is 2.23. The molecule has 0 atom stereocenters. The fourth-order valence-electron chi connectivity index (χ4n) is 3.08. The second-order valence-corrected chi connectivity index (χ2v) is 7.07. The molecule has 0 aliphatic carbocycles. The van der Waals surface area contributed by atoms with Gasteiger partial charge in [0, 0.05) is 26.6 Å². The lowest BCUT2D eigenvalue weighted by Crippen LogP contribution is -2.23. The second-order valence-electron chi connectivity index (χ2n) is 6.15. The highest BCUT2D eigenvalue weighted by Crippen LogP contribution is 2.28. The van der Waals surface area contributed by atoms with Gasteiger partial charge in [-0.25, -0.2) is 4.79 Å². The van der Waals surface area contributed by atoms with Crippen molar-refractivity contribution in [3.63, 3.8) is 0 Å². The number of amides is 1. The van der Waals surface area contributed by atoms with Crippen molar-refractivity contribution in [1.82, 2.24) is 15.1 Å². The molecule has 2 aromatic heterocycles. The van der Waals surface area contributed by atoms with Crippen molar-refractivity contribution in [3.05, 3.63) is 53.0 Å². The molecule has 0 spiro atoms. The van der Waals surface area contributed by atoms with Gasteiger partial charge in [0.2, 0.25) is 5.82 Å². The average molecular weight is 425 g/mol. The number of nitrogens with zero attached hydrogens (tertiary/aromatic N) is 3. The summed E-state index contributed by atoms with van der Waals surface area (Å²) >= 11 is 3.46. The van der Waals surface area contributed by atoms with Crippen molar-refractivity contribution < 1.29 is 14.1 Å². The maximum atomic E-state index is 11.6. The normalized spacial score (nSPS) is 14.1. The van der Waals surface area contributed by atoms with Crippen molar-refractivity contribution in [2.75, 3.05) is 18.1 Å². The van der Waals surface area contributed by atoms with Gasteiger partial charge in [-0.2, -0.15) is 4.98 Å². The van der Waals surface area contributed by atoms with Crippen LogP contribution in [0.1, 0.15) is 0 Å². The van der Waals surface area contributed by atoms with Gasteiger partial charge >= 0.3 is 6.09 Å². The Morgan fingerprint density at radius 1 is 1.11 bits per heavy atom. The molecule has 1 saturated heterocycles. The molecule has 0 saturated carbocycles. The van der Waals surface area contributed by atoms with Gasteiger partial charge in [-0.15, -0.1) is 0 Å². The molecule has 4 aromatic rings. The zero-order chi connectivity index (χ0) is 18.4. The van der Waals surface area contributed by atoms with Crippen molar-refractivity contribution in [2.24, 2.45) is 0 Å². The van der Waals surface area contributed by atoms with E-state index in [1.807, 2.05) is 48.5 Å². The van der Waals surface area contributed by atoms with E-state index in [4.69, 9.17) is 9.26 Å². The number of carbonyl (C=O) groups is 1. The summed E-state index contributed by atoms with van der Waals surface area (Å²) in [5.74, 6) is 0.907. The summed E-state index contributed by atoms with van der Waals surface area (Å²) in [7, 11) is 0. The average Bonchev–Trinajstić information content (AvgIpc) is 3.40. The Morgan fingerprint density at radius 2 is 1.96 bits per heavy atom. The molecular weight excluding hydrogens is 412 g/mol. The van der Waals surface area contributed by atoms with Gasteiger partial charge in [-0.05, 0) is 42.5 Å². The minimum absolute atomic E-state index is 0.324. The van der Waals surface area contributed by atoms with Crippen molar-refractivity contribution in [1.29, 1.82) is 0 Å². The van der Waals surface area contributed by atoms with E-state index >= 15 is 0 Å². The predicted molar refractivity (Wildman–Crippen MR) is 103 cm³/mol. The molecule has 1 aliphatic heterocycles. The van der Waals surface area contributed by atoms with E-state index in [2.05, 4.69) is 31.1 Å². The number of hydrogen-bond donors (Lipinski definition) is 1. The van der Waals surface area contributed by atoms with Crippen LogP contribution in [0.15, 0.2) is 57.5 Å². The van der Waals surface area contributed by atoms with Crippen LogP contribution in [0.5, 0.6) is 0 Å². The molecule has 5 rings (SSSR count). The minimum atomic E-state index is -0.324. The van der Waals surface area contributed by atoms with Crippen LogP contribution >= 0.6 is 15.9 Å². The van der Waals surface area contributed by atoms with E-state index < -0.39 is 0 Å². The number of hydrogen-bond acceptors (Lipinski definition) is 5. The molecule has 3 heterocycles. The largest absolute Gasteiger partial charge is 0.447 e. The van der Waals surface area contributed by atoms with Gasteiger partial charge < -0.3 is 14.2 Å². The number of benzene rings is 2. The van der Waals surface area contributed by atoms with Gasteiger partial charge in [-0.1, -0.05) is 27.2 Å². The maximum Gasteiger partial charge on any atom is 0.414 e. The van der Waals surface area contributed by atoms with E-state index in [0.717, 1.165) is 32.3 Å². The maximum absolute atomic E-state index is 11.6. The van der Waals surface area contributed by atoms with Crippen LogP contribution in [-0.4, -0.2) is 34.4 Å². The number of anilines is 1.